The Balaban J connectivity index is 1.87. The lowest BCUT2D eigenvalue weighted by Gasteiger charge is -2.15. The van der Waals surface area contributed by atoms with Crippen molar-refractivity contribution in [3.05, 3.63) is 45.6 Å². The van der Waals surface area contributed by atoms with E-state index >= 15 is 0 Å². The molecule has 0 saturated carbocycles. The van der Waals surface area contributed by atoms with E-state index in [0.29, 0.717) is 11.6 Å². The molecular formula is C23H21N5O4S. The fourth-order valence-corrected chi connectivity index (χ4v) is 4.43. The van der Waals surface area contributed by atoms with Gasteiger partial charge >= 0.3 is 0 Å². The van der Waals surface area contributed by atoms with Crippen LogP contribution in [0.2, 0.25) is 0 Å². The van der Waals surface area contributed by atoms with Crippen molar-refractivity contribution in [2.24, 2.45) is 0 Å². The fraction of sp³-hybridized carbons (Fsp3) is 0.217. The van der Waals surface area contributed by atoms with Crippen molar-refractivity contribution >= 4 is 34.3 Å². The van der Waals surface area contributed by atoms with E-state index in [1.807, 2.05) is 19.2 Å². The molecule has 0 amide bonds. The smallest absolute Gasteiger partial charge is 0.186 e. The quantitative estimate of drug-likeness (QED) is 0.216. The first-order valence-electron chi connectivity index (χ1n) is 10.2. The SMILES string of the molecule is CCCCN(C)c1ccc(/C=c2\c(C#N)c(C=O)c3nc(-c4cc(O)c(O)cc4O)nn23)s1. The van der Waals surface area contributed by atoms with E-state index in [9.17, 15) is 25.4 Å². The highest BCUT2D eigenvalue weighted by Crippen LogP contribution is 2.37. The van der Waals surface area contributed by atoms with Crippen molar-refractivity contribution in [2.75, 3.05) is 18.5 Å². The Labute approximate surface area is 193 Å². The van der Waals surface area contributed by atoms with E-state index in [1.54, 1.807) is 17.4 Å². The highest BCUT2D eigenvalue weighted by molar-refractivity contribution is 7.16. The van der Waals surface area contributed by atoms with Crippen LogP contribution in [0.4, 0.5) is 5.00 Å². The Morgan fingerprint density at radius 3 is 2.67 bits per heavy atom. The number of aldehydes is 1. The Morgan fingerprint density at radius 2 is 1.97 bits per heavy atom. The Bertz CT molecular complexity index is 1450. The molecule has 33 heavy (non-hydrogen) atoms. The van der Waals surface area contributed by atoms with Gasteiger partial charge in [-0.1, -0.05) is 13.3 Å². The largest absolute Gasteiger partial charge is 0.507 e. The number of phenolic OH excluding ortho intramolecular Hbond substituents is 3. The minimum Gasteiger partial charge on any atom is -0.507 e. The van der Waals surface area contributed by atoms with Crippen molar-refractivity contribution < 1.29 is 20.1 Å². The van der Waals surface area contributed by atoms with Gasteiger partial charge in [0, 0.05) is 24.5 Å². The molecule has 10 heteroatoms. The number of fused-ring (bicyclic) bond motifs is 1. The molecule has 0 aliphatic carbocycles. The molecule has 1 aromatic carbocycles. The van der Waals surface area contributed by atoms with E-state index in [-0.39, 0.29) is 33.9 Å². The van der Waals surface area contributed by atoms with Crippen molar-refractivity contribution in [3.8, 4) is 34.7 Å². The predicted molar refractivity (Wildman–Crippen MR) is 125 cm³/mol. The van der Waals surface area contributed by atoms with E-state index in [0.717, 1.165) is 41.4 Å². The summed E-state index contributed by atoms with van der Waals surface area (Å²) >= 11 is 1.55. The number of nitriles is 1. The van der Waals surface area contributed by atoms with Crippen LogP contribution in [0.15, 0.2) is 24.3 Å². The van der Waals surface area contributed by atoms with Crippen LogP contribution < -0.4 is 10.2 Å². The zero-order valence-electron chi connectivity index (χ0n) is 18.0. The predicted octanol–water partition coefficient (Wildman–Crippen LogP) is 3.04. The molecule has 0 bridgehead atoms. The number of anilines is 1. The average Bonchev–Trinajstić information content (AvgIpc) is 3.49. The van der Waals surface area contributed by atoms with Crippen LogP contribution in [0.5, 0.6) is 17.2 Å². The summed E-state index contributed by atoms with van der Waals surface area (Å²) in [6.07, 6.45) is 4.51. The number of thiophene rings is 1. The molecule has 0 unspecified atom stereocenters. The molecule has 0 radical (unpaired) electrons. The molecule has 0 spiro atoms. The van der Waals surface area contributed by atoms with Crippen LogP contribution in [0.1, 0.15) is 40.6 Å². The van der Waals surface area contributed by atoms with Gasteiger partial charge in [0.25, 0.3) is 0 Å². The molecule has 0 aliphatic heterocycles. The summed E-state index contributed by atoms with van der Waals surface area (Å²) < 4.78 is 1.38. The van der Waals surface area contributed by atoms with Gasteiger partial charge in [-0.3, -0.25) is 4.79 Å². The second kappa shape index (κ2) is 8.80. The lowest BCUT2D eigenvalue weighted by molar-refractivity contribution is 0.112. The highest BCUT2D eigenvalue weighted by atomic mass is 32.1. The van der Waals surface area contributed by atoms with Crippen LogP contribution >= 0.6 is 11.3 Å². The maximum Gasteiger partial charge on any atom is 0.186 e. The van der Waals surface area contributed by atoms with Gasteiger partial charge in [0.2, 0.25) is 0 Å². The maximum absolute atomic E-state index is 11.8. The number of hydrogen-bond acceptors (Lipinski definition) is 9. The van der Waals surface area contributed by atoms with Crippen LogP contribution in [-0.2, 0) is 0 Å². The normalized spacial score (nSPS) is 11.7. The number of rotatable bonds is 7. The first-order valence-corrected chi connectivity index (χ1v) is 11.0. The number of carbonyl (C=O) groups excluding carboxylic acids is 1. The standard InChI is InChI=1S/C23H21N5O4S/c1-3-4-7-27(2)21-6-5-13(33-21)8-17-15(11-24)16(12-29)23-25-22(26-28(17)23)14-9-19(31)20(32)10-18(14)30/h5-6,8-10,12,30-32H,3-4,7H2,1-2H3/b17-8+. The Morgan fingerprint density at radius 1 is 1.21 bits per heavy atom. The van der Waals surface area contributed by atoms with Gasteiger partial charge < -0.3 is 20.2 Å². The van der Waals surface area contributed by atoms with Crippen molar-refractivity contribution in [1.29, 1.82) is 5.26 Å². The number of carbonyl (C=O) groups is 1. The van der Waals surface area contributed by atoms with Crippen molar-refractivity contribution in [2.45, 2.75) is 19.8 Å². The molecule has 9 nitrogen and oxygen atoms in total. The molecule has 0 atom stereocenters. The lowest BCUT2D eigenvalue weighted by atomic mass is 10.1. The van der Waals surface area contributed by atoms with Gasteiger partial charge in [0.15, 0.2) is 29.3 Å². The van der Waals surface area contributed by atoms with Gasteiger partial charge in [0.1, 0.15) is 11.8 Å². The number of nitrogens with zero attached hydrogens (tertiary/aromatic N) is 5. The van der Waals surface area contributed by atoms with Gasteiger partial charge in [0.05, 0.1) is 27.0 Å². The molecule has 0 aliphatic rings. The molecule has 3 N–H and O–H groups in total. The average molecular weight is 464 g/mol. The zero-order chi connectivity index (χ0) is 23.7. The molecule has 4 aromatic rings. The van der Waals surface area contributed by atoms with Crippen LogP contribution in [0, 0.1) is 11.3 Å². The second-order valence-corrected chi connectivity index (χ2v) is 8.62. The molecule has 4 rings (SSSR count). The van der Waals surface area contributed by atoms with Crippen molar-refractivity contribution in [1.82, 2.24) is 14.6 Å². The first-order chi connectivity index (χ1) is 15.9. The fourth-order valence-electron chi connectivity index (χ4n) is 3.50. The monoisotopic (exact) mass is 463 g/mol. The third-order valence-corrected chi connectivity index (χ3v) is 6.43. The van der Waals surface area contributed by atoms with Gasteiger partial charge in [-0.15, -0.1) is 16.4 Å². The van der Waals surface area contributed by atoms with Crippen LogP contribution in [0.25, 0.3) is 23.1 Å². The maximum atomic E-state index is 11.8. The van der Waals surface area contributed by atoms with Gasteiger partial charge in [-0.25, -0.2) is 9.50 Å². The van der Waals surface area contributed by atoms with Crippen LogP contribution in [0.3, 0.4) is 0 Å². The summed E-state index contributed by atoms with van der Waals surface area (Å²) in [7, 11) is 2.03. The number of aromatic hydroxyl groups is 3. The molecule has 3 heterocycles. The van der Waals surface area contributed by atoms with E-state index in [1.165, 1.54) is 4.52 Å². The zero-order valence-corrected chi connectivity index (χ0v) is 18.8. The summed E-state index contributed by atoms with van der Waals surface area (Å²) in [5.74, 6) is -1.24. The number of phenols is 3. The topological polar surface area (TPSA) is 135 Å². The summed E-state index contributed by atoms with van der Waals surface area (Å²) in [4.78, 5) is 19.2. The number of hydrogen-bond donors (Lipinski definition) is 3. The van der Waals surface area contributed by atoms with Crippen LogP contribution in [-0.4, -0.2) is 49.8 Å². The molecule has 168 valence electrons. The van der Waals surface area contributed by atoms with Gasteiger partial charge in [-0.2, -0.15) is 5.26 Å². The van der Waals surface area contributed by atoms with Crippen molar-refractivity contribution in [3.63, 3.8) is 0 Å². The lowest BCUT2D eigenvalue weighted by Crippen LogP contribution is -2.16. The Hall–Kier alpha value is -4.10. The van der Waals surface area contributed by atoms with E-state index in [2.05, 4.69) is 28.0 Å². The minimum absolute atomic E-state index is 0.0335. The number of aromatic nitrogens is 3. The highest BCUT2D eigenvalue weighted by Gasteiger charge is 2.21. The third kappa shape index (κ3) is 3.94. The number of benzene rings is 1. The molecular weight excluding hydrogens is 442 g/mol. The molecule has 3 aromatic heterocycles. The summed E-state index contributed by atoms with van der Waals surface area (Å²) in [5, 5.41) is 45.1. The first kappa shape index (κ1) is 22.1. The van der Waals surface area contributed by atoms with E-state index in [4.69, 9.17) is 0 Å². The molecule has 0 fully saturated rings. The second-order valence-electron chi connectivity index (χ2n) is 7.53. The summed E-state index contributed by atoms with van der Waals surface area (Å²) in [6.45, 7) is 3.08. The summed E-state index contributed by atoms with van der Waals surface area (Å²) in [6, 6.07) is 8.11. The minimum atomic E-state index is -0.485. The Kier molecular flexibility index (Phi) is 5.89. The third-order valence-electron chi connectivity index (χ3n) is 5.28. The number of unbranched alkanes of at least 4 members (excludes halogenated alkanes) is 1. The molecule has 0 saturated heterocycles. The summed E-state index contributed by atoms with van der Waals surface area (Å²) in [5.41, 5.74) is 0.471. The van der Waals surface area contributed by atoms with Gasteiger partial charge in [-0.05, 0) is 30.7 Å². The van der Waals surface area contributed by atoms with E-state index < -0.39 is 11.5 Å².